The average Bonchev–Trinajstić information content (AvgIpc) is 2.94. The molecule has 112 valence electrons. The van der Waals surface area contributed by atoms with Gasteiger partial charge in [-0.05, 0) is 34.4 Å². The quantitative estimate of drug-likeness (QED) is 0.766. The third-order valence-corrected chi connectivity index (χ3v) is 5.40. The van der Waals surface area contributed by atoms with Crippen LogP contribution in [-0.4, -0.2) is 19.5 Å². The predicted molar refractivity (Wildman–Crippen MR) is 86.0 cm³/mol. The first-order chi connectivity index (χ1) is 10.5. The fraction of sp³-hybridized carbons (Fsp3) is 0. The van der Waals surface area contributed by atoms with Crippen molar-refractivity contribution in [2.75, 3.05) is 4.72 Å². The molecule has 0 spiro atoms. The number of fused-ring (bicyclic) bond motifs is 1. The van der Waals surface area contributed by atoms with Crippen LogP contribution in [0.15, 0.2) is 58.8 Å². The summed E-state index contributed by atoms with van der Waals surface area (Å²) in [6, 6.07) is 13.6. The Kier molecular flexibility index (Phi) is 3.59. The van der Waals surface area contributed by atoms with Crippen molar-refractivity contribution in [1.29, 1.82) is 0 Å². The second kappa shape index (κ2) is 5.43. The molecule has 1 heterocycles. The predicted octanol–water partition coefficient (Wildman–Crippen LogP) is 3.40. The summed E-state index contributed by atoms with van der Waals surface area (Å²) in [6.45, 7) is 0. The van der Waals surface area contributed by atoms with Gasteiger partial charge in [0.15, 0.2) is 0 Å². The Bertz CT molecular complexity index is 960. The molecular formula is C15H11NO4S2. The van der Waals surface area contributed by atoms with E-state index < -0.39 is 16.0 Å². The van der Waals surface area contributed by atoms with E-state index in [0.717, 1.165) is 22.1 Å². The molecule has 22 heavy (non-hydrogen) atoms. The van der Waals surface area contributed by atoms with Crippen molar-refractivity contribution in [3.63, 3.8) is 0 Å². The third-order valence-electron chi connectivity index (χ3n) is 3.14. The van der Waals surface area contributed by atoms with Crippen molar-refractivity contribution < 1.29 is 18.3 Å². The maximum absolute atomic E-state index is 12.4. The summed E-state index contributed by atoms with van der Waals surface area (Å²) in [6.07, 6.45) is 0. The molecule has 0 aliphatic heterocycles. The number of nitrogens with one attached hydrogen (secondary N) is 1. The summed E-state index contributed by atoms with van der Waals surface area (Å²) in [5.74, 6) is -1.16. The van der Waals surface area contributed by atoms with Gasteiger partial charge in [-0.25, -0.2) is 13.2 Å². The van der Waals surface area contributed by atoms with Gasteiger partial charge in [0.05, 0.1) is 10.6 Å². The van der Waals surface area contributed by atoms with Crippen LogP contribution in [0.3, 0.4) is 0 Å². The minimum absolute atomic E-state index is 0.0376. The minimum atomic E-state index is -3.84. The summed E-state index contributed by atoms with van der Waals surface area (Å²) < 4.78 is 27.2. The van der Waals surface area contributed by atoms with Gasteiger partial charge >= 0.3 is 5.97 Å². The number of thiophene rings is 1. The van der Waals surface area contributed by atoms with Crippen LogP contribution in [0.2, 0.25) is 0 Å². The van der Waals surface area contributed by atoms with Crippen LogP contribution in [-0.2, 0) is 10.0 Å². The van der Waals surface area contributed by atoms with Crippen molar-refractivity contribution in [3.05, 3.63) is 58.8 Å². The lowest BCUT2D eigenvalue weighted by Gasteiger charge is -2.08. The highest BCUT2D eigenvalue weighted by Crippen LogP contribution is 2.26. The molecule has 0 aliphatic carbocycles. The van der Waals surface area contributed by atoms with Crippen molar-refractivity contribution in [2.45, 2.75) is 4.90 Å². The van der Waals surface area contributed by atoms with E-state index in [9.17, 15) is 13.2 Å². The Hall–Kier alpha value is -2.38. The molecule has 2 aromatic carbocycles. The number of aromatic carboxylic acids is 1. The molecule has 0 unspecified atom stereocenters. The van der Waals surface area contributed by atoms with Crippen molar-refractivity contribution in [2.24, 2.45) is 0 Å². The van der Waals surface area contributed by atoms with Crippen LogP contribution >= 0.6 is 11.3 Å². The molecule has 0 saturated carbocycles. The summed E-state index contributed by atoms with van der Waals surface area (Å²) in [4.78, 5) is 11.1. The maximum Gasteiger partial charge on any atom is 0.348 e. The molecule has 5 nitrogen and oxygen atoms in total. The Balaban J connectivity index is 2.01. The molecule has 0 radical (unpaired) electrons. The topological polar surface area (TPSA) is 83.5 Å². The monoisotopic (exact) mass is 333 g/mol. The Morgan fingerprint density at radius 2 is 1.77 bits per heavy atom. The van der Waals surface area contributed by atoms with Crippen molar-refractivity contribution >= 4 is 43.8 Å². The van der Waals surface area contributed by atoms with E-state index in [1.165, 1.54) is 17.5 Å². The third kappa shape index (κ3) is 2.68. The first-order valence-electron chi connectivity index (χ1n) is 6.30. The SMILES string of the molecule is O=C(O)c1sccc1NS(=O)(=O)c1ccc2ccccc2c1. The van der Waals surface area contributed by atoms with Crippen molar-refractivity contribution in [1.82, 2.24) is 0 Å². The van der Waals surface area contributed by atoms with Crippen LogP contribution < -0.4 is 4.72 Å². The number of hydrogen-bond donors (Lipinski definition) is 2. The van der Waals surface area contributed by atoms with Crippen LogP contribution in [0.5, 0.6) is 0 Å². The molecule has 3 rings (SSSR count). The first kappa shape index (κ1) is 14.6. The molecule has 0 atom stereocenters. The summed E-state index contributed by atoms with van der Waals surface area (Å²) in [5.41, 5.74) is 0.0747. The van der Waals surface area contributed by atoms with Gasteiger partial charge in [-0.1, -0.05) is 30.3 Å². The number of carbonyl (C=O) groups is 1. The highest BCUT2D eigenvalue weighted by molar-refractivity contribution is 7.92. The Morgan fingerprint density at radius 1 is 1.05 bits per heavy atom. The molecule has 7 heteroatoms. The number of carboxylic acids is 1. The van der Waals surface area contributed by atoms with E-state index >= 15 is 0 Å². The number of anilines is 1. The largest absolute Gasteiger partial charge is 0.477 e. The fourth-order valence-corrected chi connectivity index (χ4v) is 3.95. The Labute approximate surface area is 130 Å². The number of rotatable bonds is 4. The molecule has 3 aromatic rings. The molecule has 1 aromatic heterocycles. The number of sulfonamides is 1. The zero-order valence-electron chi connectivity index (χ0n) is 11.2. The van der Waals surface area contributed by atoms with E-state index in [2.05, 4.69) is 4.72 Å². The molecule has 0 aliphatic rings. The van der Waals surface area contributed by atoms with Crippen molar-refractivity contribution in [3.8, 4) is 0 Å². The molecular weight excluding hydrogens is 322 g/mol. The zero-order valence-corrected chi connectivity index (χ0v) is 12.8. The maximum atomic E-state index is 12.4. The zero-order chi connectivity index (χ0) is 15.7. The van der Waals surface area contributed by atoms with Gasteiger partial charge in [0, 0.05) is 0 Å². The lowest BCUT2D eigenvalue weighted by Crippen LogP contribution is -2.14. The van der Waals surface area contributed by atoms with Crippen LogP contribution in [0.1, 0.15) is 9.67 Å². The van der Waals surface area contributed by atoms with E-state index in [1.807, 2.05) is 24.3 Å². The summed E-state index contributed by atoms with van der Waals surface area (Å²) in [5, 5.41) is 12.3. The van der Waals surface area contributed by atoms with Crippen LogP contribution in [0.25, 0.3) is 10.8 Å². The van der Waals surface area contributed by atoms with E-state index in [1.54, 1.807) is 12.1 Å². The number of benzene rings is 2. The molecule has 0 bridgehead atoms. The molecule has 0 saturated heterocycles. The van der Waals surface area contributed by atoms with Gasteiger partial charge in [-0.15, -0.1) is 11.3 Å². The smallest absolute Gasteiger partial charge is 0.348 e. The fourth-order valence-electron chi connectivity index (χ4n) is 2.09. The van der Waals surface area contributed by atoms with Crippen LogP contribution in [0.4, 0.5) is 5.69 Å². The normalized spacial score (nSPS) is 11.5. The van der Waals surface area contributed by atoms with Gasteiger partial charge in [0.2, 0.25) is 0 Å². The highest BCUT2D eigenvalue weighted by atomic mass is 32.2. The average molecular weight is 333 g/mol. The lowest BCUT2D eigenvalue weighted by atomic mass is 10.1. The van der Waals surface area contributed by atoms with E-state index in [-0.39, 0.29) is 15.5 Å². The molecule has 0 fully saturated rings. The van der Waals surface area contributed by atoms with Crippen LogP contribution in [0, 0.1) is 0 Å². The summed E-state index contributed by atoms with van der Waals surface area (Å²) >= 11 is 0.970. The lowest BCUT2D eigenvalue weighted by molar-refractivity contribution is 0.0703. The van der Waals surface area contributed by atoms with E-state index in [4.69, 9.17) is 5.11 Å². The summed E-state index contributed by atoms with van der Waals surface area (Å²) in [7, 11) is -3.84. The first-order valence-corrected chi connectivity index (χ1v) is 8.66. The van der Waals surface area contributed by atoms with Gasteiger partial charge in [-0.3, -0.25) is 4.72 Å². The van der Waals surface area contributed by atoms with Gasteiger partial charge in [0.25, 0.3) is 10.0 Å². The van der Waals surface area contributed by atoms with E-state index in [0.29, 0.717) is 0 Å². The minimum Gasteiger partial charge on any atom is -0.477 e. The molecule has 0 amide bonds. The highest BCUT2D eigenvalue weighted by Gasteiger charge is 2.19. The number of hydrogen-bond acceptors (Lipinski definition) is 4. The van der Waals surface area contributed by atoms with Gasteiger partial charge < -0.3 is 5.11 Å². The Morgan fingerprint density at radius 3 is 2.50 bits per heavy atom. The second-order valence-electron chi connectivity index (χ2n) is 4.58. The number of carboxylic acid groups (broad SMARTS) is 1. The standard InChI is InChI=1S/C15H11NO4S2/c17-15(18)14-13(7-8-21-14)16-22(19,20)12-6-5-10-3-1-2-4-11(10)9-12/h1-9,16H,(H,17,18). The second-order valence-corrected chi connectivity index (χ2v) is 7.18. The van der Waals surface area contributed by atoms with Gasteiger partial charge in [-0.2, -0.15) is 0 Å². The molecule has 2 N–H and O–H groups in total. The van der Waals surface area contributed by atoms with Gasteiger partial charge in [0.1, 0.15) is 4.88 Å².